The number of carbonyl (C=O) groups excluding carboxylic acids is 1. The fourth-order valence-electron chi connectivity index (χ4n) is 0.492. The van der Waals surface area contributed by atoms with Crippen LogP contribution in [0.3, 0.4) is 0 Å². The quantitative estimate of drug-likeness (QED) is 0.494. The molecule has 1 atom stereocenters. The zero-order chi connectivity index (χ0) is 7.72. The molecule has 6 heteroatoms. The van der Waals surface area contributed by atoms with Gasteiger partial charge in [0.2, 0.25) is 5.90 Å². The van der Waals surface area contributed by atoms with Crippen LogP contribution in [0.1, 0.15) is 13.8 Å². The lowest BCUT2D eigenvalue weighted by Crippen LogP contribution is -2.21. The first kappa shape index (κ1) is 7.20. The van der Waals surface area contributed by atoms with E-state index in [9.17, 15) is 9.00 Å². The lowest BCUT2D eigenvalue weighted by molar-refractivity contribution is -0.124. The molecule has 0 bridgehead atoms. The first-order valence-electron chi connectivity index (χ1n) is 2.57. The summed E-state index contributed by atoms with van der Waals surface area (Å²) in [5, 5.41) is 3.55. The van der Waals surface area contributed by atoms with Gasteiger partial charge >= 0.3 is 11.3 Å². The van der Waals surface area contributed by atoms with E-state index < -0.39 is 17.2 Å². The molecule has 0 aromatic heterocycles. The average Bonchev–Trinajstić information content (AvgIpc) is 2.10. The van der Waals surface area contributed by atoms with Gasteiger partial charge in [-0.25, -0.2) is 0 Å². The van der Waals surface area contributed by atoms with E-state index in [1.165, 1.54) is 13.8 Å². The number of carbonyl (C=O) groups is 1. The summed E-state index contributed by atoms with van der Waals surface area (Å²) in [7, 11) is 0. The zero-order valence-corrected chi connectivity index (χ0v) is 6.34. The minimum Gasteiger partial charge on any atom is -0.366 e. The maximum atomic E-state index is 10.7. The molecule has 0 aliphatic carbocycles. The van der Waals surface area contributed by atoms with Crippen LogP contribution in [0.25, 0.3) is 0 Å². The van der Waals surface area contributed by atoms with Crippen molar-refractivity contribution in [2.75, 3.05) is 0 Å². The number of hydrogen-bond acceptors (Lipinski definition) is 4. The summed E-state index contributed by atoms with van der Waals surface area (Å²) >= 11 is -1.74. The number of hydrazone groups is 1. The Hall–Kier alpha value is -0.910. The number of amides is 1. The highest BCUT2D eigenvalue weighted by Crippen LogP contribution is 2.08. The first-order valence-corrected chi connectivity index (χ1v) is 3.60. The maximum absolute atomic E-state index is 10.7. The van der Waals surface area contributed by atoms with Gasteiger partial charge in [0.25, 0.3) is 5.91 Å². The Morgan fingerprint density at radius 3 is 2.60 bits per heavy atom. The van der Waals surface area contributed by atoms with E-state index >= 15 is 0 Å². The van der Waals surface area contributed by atoms with E-state index in [2.05, 4.69) is 9.28 Å². The van der Waals surface area contributed by atoms with Gasteiger partial charge in [0.05, 0.1) is 0 Å². The van der Waals surface area contributed by atoms with Crippen molar-refractivity contribution in [3.8, 4) is 0 Å². The summed E-state index contributed by atoms with van der Waals surface area (Å²) in [4.78, 5) is 10.5. The molecule has 1 aliphatic heterocycles. The maximum Gasteiger partial charge on any atom is 0.344 e. The molecule has 0 radical (unpaired) electrons. The summed E-state index contributed by atoms with van der Waals surface area (Å²) in [6.45, 7) is 2.80. The van der Waals surface area contributed by atoms with Crippen LogP contribution in [-0.2, 0) is 20.2 Å². The molecule has 1 heterocycles. The lowest BCUT2D eigenvalue weighted by Gasteiger charge is -2.00. The smallest absolute Gasteiger partial charge is 0.344 e. The van der Waals surface area contributed by atoms with Gasteiger partial charge in [0.1, 0.15) is 0 Å². The summed E-state index contributed by atoms with van der Waals surface area (Å²) in [6.07, 6.45) is 0. The Balaban J connectivity index is 2.79. The fraction of sp³-hybridized carbons (Fsp3) is 0.500. The van der Waals surface area contributed by atoms with Gasteiger partial charge in [0, 0.05) is 13.8 Å². The molecule has 0 saturated carbocycles. The molecule has 1 amide bonds. The van der Waals surface area contributed by atoms with Crippen LogP contribution in [0.5, 0.6) is 0 Å². The number of hydrogen-bond donors (Lipinski definition) is 0. The number of nitrogens with zero attached hydrogens (tertiary/aromatic N) is 2. The van der Waals surface area contributed by atoms with Gasteiger partial charge in [-0.05, 0) is 0 Å². The fourth-order valence-corrected chi connectivity index (χ4v) is 1.19. The van der Waals surface area contributed by atoms with Crippen molar-refractivity contribution in [1.82, 2.24) is 4.41 Å². The topological polar surface area (TPSA) is 59.0 Å². The molecule has 1 aliphatic rings. The summed E-state index contributed by atoms with van der Waals surface area (Å²) in [5.74, 6) is -0.149. The van der Waals surface area contributed by atoms with E-state index in [1.807, 2.05) is 0 Å². The second-order valence-electron chi connectivity index (χ2n) is 1.71. The van der Waals surface area contributed by atoms with Crippen molar-refractivity contribution in [1.29, 1.82) is 0 Å². The standard InChI is InChI=1S/C4H6N2O3S/c1-3-5-6(4(2)7)10(8)9-3/h1-2H3. The Morgan fingerprint density at radius 2 is 2.40 bits per heavy atom. The molecule has 0 aromatic rings. The normalized spacial score (nSPS) is 24.0. The monoisotopic (exact) mass is 162 g/mol. The Kier molecular flexibility index (Phi) is 1.71. The van der Waals surface area contributed by atoms with Gasteiger partial charge in [0.15, 0.2) is 0 Å². The molecule has 1 rings (SSSR count). The predicted octanol–water partition coefficient (Wildman–Crippen LogP) is -0.223. The van der Waals surface area contributed by atoms with Crippen molar-refractivity contribution < 1.29 is 13.2 Å². The third-order valence-corrected chi connectivity index (χ3v) is 1.84. The van der Waals surface area contributed by atoms with Gasteiger partial charge in [-0.15, -0.1) is 9.52 Å². The third kappa shape index (κ3) is 1.15. The summed E-state index contributed by atoms with van der Waals surface area (Å²) < 4.78 is 16.1. The van der Waals surface area contributed by atoms with Crippen LogP contribution in [0.15, 0.2) is 5.10 Å². The summed E-state index contributed by atoms with van der Waals surface area (Å²) in [6, 6.07) is 0. The Bertz CT molecular complexity index is 225. The minimum atomic E-state index is -1.74. The first-order chi connectivity index (χ1) is 4.61. The molecule has 10 heavy (non-hydrogen) atoms. The van der Waals surface area contributed by atoms with Crippen molar-refractivity contribution in [2.45, 2.75) is 13.8 Å². The van der Waals surface area contributed by atoms with Gasteiger partial charge < -0.3 is 4.18 Å². The Labute approximate surface area is 60.4 Å². The van der Waals surface area contributed by atoms with Gasteiger partial charge in [-0.3, -0.25) is 4.79 Å². The van der Waals surface area contributed by atoms with Crippen molar-refractivity contribution in [3.63, 3.8) is 0 Å². The van der Waals surface area contributed by atoms with Crippen molar-refractivity contribution >= 4 is 23.1 Å². The number of rotatable bonds is 0. The van der Waals surface area contributed by atoms with E-state index in [1.54, 1.807) is 0 Å². The second kappa shape index (κ2) is 2.37. The molecule has 0 fully saturated rings. The van der Waals surface area contributed by atoms with Gasteiger partial charge in [-0.2, -0.15) is 4.21 Å². The third-order valence-electron chi connectivity index (χ3n) is 0.834. The highest BCUT2D eigenvalue weighted by atomic mass is 32.2. The van der Waals surface area contributed by atoms with Crippen LogP contribution in [0.4, 0.5) is 0 Å². The highest BCUT2D eigenvalue weighted by molar-refractivity contribution is 7.79. The van der Waals surface area contributed by atoms with Crippen LogP contribution in [0.2, 0.25) is 0 Å². The SMILES string of the molecule is CC(=O)N1N=C(C)OS1=O. The predicted molar refractivity (Wildman–Crippen MR) is 34.9 cm³/mol. The highest BCUT2D eigenvalue weighted by Gasteiger charge is 2.24. The van der Waals surface area contributed by atoms with Crippen LogP contribution >= 0.6 is 0 Å². The van der Waals surface area contributed by atoms with E-state index in [-0.39, 0.29) is 5.90 Å². The molecular formula is C4H6N2O3S. The molecule has 0 N–H and O–H groups in total. The minimum absolute atomic E-state index is 0.244. The Morgan fingerprint density at radius 1 is 1.80 bits per heavy atom. The molecule has 0 saturated heterocycles. The molecule has 5 nitrogen and oxygen atoms in total. The zero-order valence-electron chi connectivity index (χ0n) is 5.53. The molecule has 1 unspecified atom stereocenters. The van der Waals surface area contributed by atoms with E-state index in [4.69, 9.17) is 0 Å². The second-order valence-corrected chi connectivity index (χ2v) is 2.66. The van der Waals surface area contributed by atoms with Crippen molar-refractivity contribution in [2.24, 2.45) is 5.10 Å². The van der Waals surface area contributed by atoms with Gasteiger partial charge in [-0.1, -0.05) is 0 Å². The molecule has 0 spiro atoms. The van der Waals surface area contributed by atoms with Crippen LogP contribution in [-0.4, -0.2) is 20.4 Å². The average molecular weight is 162 g/mol. The largest absolute Gasteiger partial charge is 0.366 e. The van der Waals surface area contributed by atoms with E-state index in [0.29, 0.717) is 0 Å². The van der Waals surface area contributed by atoms with Crippen LogP contribution < -0.4 is 0 Å². The van der Waals surface area contributed by atoms with Crippen LogP contribution in [0, 0.1) is 0 Å². The summed E-state index contributed by atoms with van der Waals surface area (Å²) in [5.41, 5.74) is 0. The lowest BCUT2D eigenvalue weighted by atomic mass is 10.7. The molecule has 0 aromatic carbocycles. The van der Waals surface area contributed by atoms with Crippen molar-refractivity contribution in [3.05, 3.63) is 0 Å². The molecular weight excluding hydrogens is 156 g/mol. The van der Waals surface area contributed by atoms with E-state index in [0.717, 1.165) is 4.41 Å². The molecule has 56 valence electrons.